The maximum absolute atomic E-state index is 5.90. The summed E-state index contributed by atoms with van der Waals surface area (Å²) < 4.78 is 5.90. The van der Waals surface area contributed by atoms with Crippen molar-refractivity contribution < 1.29 is 4.74 Å². The van der Waals surface area contributed by atoms with Gasteiger partial charge in [-0.05, 0) is 12.1 Å². The standard InChI is InChI=1S/C12H11OP/c1-3-7-11-9(5-1)13-10-6-2-4-8-12(10)14-11/h1-9,11,14H. The van der Waals surface area contributed by atoms with Crippen molar-refractivity contribution in [3.63, 3.8) is 0 Å². The van der Waals surface area contributed by atoms with Crippen LogP contribution in [0.2, 0.25) is 0 Å². The average molecular weight is 202 g/mol. The molecule has 0 saturated carbocycles. The van der Waals surface area contributed by atoms with Gasteiger partial charge in [-0.3, -0.25) is 0 Å². The minimum atomic E-state index is 0.258. The second-order valence-electron chi connectivity index (χ2n) is 3.52. The summed E-state index contributed by atoms with van der Waals surface area (Å²) in [5, 5.41) is 1.36. The quantitative estimate of drug-likeness (QED) is 0.586. The van der Waals surface area contributed by atoms with Crippen LogP contribution in [0.4, 0.5) is 0 Å². The third-order valence-electron chi connectivity index (χ3n) is 2.56. The zero-order valence-electron chi connectivity index (χ0n) is 7.68. The Hall–Kier alpha value is -1.07. The lowest BCUT2D eigenvalue weighted by Gasteiger charge is -2.31. The van der Waals surface area contributed by atoms with E-state index < -0.39 is 0 Å². The van der Waals surface area contributed by atoms with Crippen LogP contribution in [0.15, 0.2) is 48.6 Å². The molecule has 0 fully saturated rings. The van der Waals surface area contributed by atoms with Gasteiger partial charge in [0.05, 0.1) is 0 Å². The fourth-order valence-corrected chi connectivity index (χ4v) is 3.23. The largest absolute Gasteiger partial charge is 0.485 e. The maximum atomic E-state index is 5.90. The van der Waals surface area contributed by atoms with Crippen molar-refractivity contribution in [3.8, 4) is 5.75 Å². The van der Waals surface area contributed by atoms with E-state index in [2.05, 4.69) is 42.5 Å². The summed E-state index contributed by atoms with van der Waals surface area (Å²) in [5.41, 5.74) is 0.551. The van der Waals surface area contributed by atoms with Crippen molar-refractivity contribution in [2.45, 2.75) is 11.8 Å². The lowest BCUT2D eigenvalue weighted by Crippen LogP contribution is -2.33. The van der Waals surface area contributed by atoms with Crippen molar-refractivity contribution in [2.24, 2.45) is 0 Å². The second kappa shape index (κ2) is 3.25. The zero-order chi connectivity index (χ0) is 9.38. The Morgan fingerprint density at radius 3 is 2.93 bits per heavy atom. The second-order valence-corrected chi connectivity index (χ2v) is 5.01. The fraction of sp³-hybridized carbons (Fsp3) is 0.167. The van der Waals surface area contributed by atoms with Gasteiger partial charge in [-0.1, -0.05) is 45.0 Å². The molecule has 2 heteroatoms. The van der Waals surface area contributed by atoms with Crippen LogP contribution in [0.1, 0.15) is 0 Å². The molecule has 3 atom stereocenters. The Labute approximate surface area is 85.3 Å². The molecule has 70 valence electrons. The number of allylic oxidation sites excluding steroid dienone is 2. The minimum Gasteiger partial charge on any atom is -0.485 e. The number of para-hydroxylation sites is 1. The summed E-state index contributed by atoms with van der Waals surface area (Å²) in [6.07, 6.45) is 8.84. The van der Waals surface area contributed by atoms with Crippen molar-refractivity contribution in [2.75, 3.05) is 0 Å². The Bertz CT molecular complexity index is 370. The lowest BCUT2D eigenvalue weighted by atomic mass is 10.1. The van der Waals surface area contributed by atoms with Gasteiger partial charge in [-0.2, -0.15) is 0 Å². The Balaban J connectivity index is 2.00. The SMILES string of the molecule is C1=CC2Oc3ccccc3PC2C=C1. The molecule has 1 aromatic rings. The average Bonchev–Trinajstić information content (AvgIpc) is 2.26. The molecule has 1 nitrogen and oxygen atoms in total. The molecule has 3 unspecified atom stereocenters. The molecular formula is C12H11OP. The molecule has 0 aromatic heterocycles. The van der Waals surface area contributed by atoms with Gasteiger partial charge >= 0.3 is 0 Å². The van der Waals surface area contributed by atoms with Gasteiger partial charge in [0.1, 0.15) is 11.9 Å². The van der Waals surface area contributed by atoms with Crippen molar-refractivity contribution in [1.82, 2.24) is 0 Å². The zero-order valence-corrected chi connectivity index (χ0v) is 8.68. The highest BCUT2D eigenvalue weighted by Gasteiger charge is 2.26. The van der Waals surface area contributed by atoms with Crippen LogP contribution in [0.25, 0.3) is 0 Å². The molecule has 3 rings (SSSR count). The molecule has 2 aliphatic rings. The van der Waals surface area contributed by atoms with Gasteiger partial charge < -0.3 is 4.74 Å². The van der Waals surface area contributed by atoms with E-state index in [0.717, 1.165) is 14.3 Å². The van der Waals surface area contributed by atoms with Crippen LogP contribution in [-0.2, 0) is 0 Å². The van der Waals surface area contributed by atoms with E-state index in [9.17, 15) is 0 Å². The molecule has 1 aromatic carbocycles. The summed E-state index contributed by atoms with van der Waals surface area (Å²) >= 11 is 0. The molecule has 1 aliphatic heterocycles. The van der Waals surface area contributed by atoms with Gasteiger partial charge in [-0.25, -0.2) is 0 Å². The predicted molar refractivity (Wildman–Crippen MR) is 60.9 cm³/mol. The highest BCUT2D eigenvalue weighted by atomic mass is 31.1. The van der Waals surface area contributed by atoms with Crippen molar-refractivity contribution >= 4 is 13.9 Å². The van der Waals surface area contributed by atoms with Crippen LogP contribution in [-0.4, -0.2) is 11.8 Å². The Morgan fingerprint density at radius 1 is 1.07 bits per heavy atom. The summed E-state index contributed by atoms with van der Waals surface area (Å²) in [5.74, 6) is 1.06. The van der Waals surface area contributed by atoms with E-state index in [1.807, 2.05) is 6.07 Å². The first kappa shape index (κ1) is 8.26. The smallest absolute Gasteiger partial charge is 0.127 e. The van der Waals surface area contributed by atoms with Crippen LogP contribution in [0.5, 0.6) is 5.75 Å². The highest BCUT2D eigenvalue weighted by Crippen LogP contribution is 2.35. The van der Waals surface area contributed by atoms with Crippen LogP contribution >= 0.6 is 8.58 Å². The number of ether oxygens (including phenoxy) is 1. The van der Waals surface area contributed by atoms with Gasteiger partial charge in [0.2, 0.25) is 0 Å². The Morgan fingerprint density at radius 2 is 1.93 bits per heavy atom. The van der Waals surface area contributed by atoms with Crippen molar-refractivity contribution in [1.29, 1.82) is 0 Å². The molecule has 0 N–H and O–H groups in total. The molecule has 14 heavy (non-hydrogen) atoms. The summed E-state index contributed by atoms with van der Waals surface area (Å²) in [7, 11) is 0.839. The predicted octanol–water partition coefficient (Wildman–Crippen LogP) is 2.25. The fourth-order valence-electron chi connectivity index (χ4n) is 1.84. The highest BCUT2D eigenvalue weighted by molar-refractivity contribution is 7.48. The van der Waals surface area contributed by atoms with E-state index >= 15 is 0 Å². The van der Waals surface area contributed by atoms with Gasteiger partial charge in [0.15, 0.2) is 0 Å². The number of benzene rings is 1. The molecule has 1 heterocycles. The minimum absolute atomic E-state index is 0.258. The van der Waals surface area contributed by atoms with E-state index in [4.69, 9.17) is 4.74 Å². The Kier molecular flexibility index (Phi) is 1.92. The monoisotopic (exact) mass is 202 g/mol. The third kappa shape index (κ3) is 1.29. The maximum Gasteiger partial charge on any atom is 0.127 e. The first-order valence-electron chi connectivity index (χ1n) is 4.81. The number of rotatable bonds is 0. The summed E-state index contributed by atoms with van der Waals surface area (Å²) in [4.78, 5) is 0. The summed E-state index contributed by atoms with van der Waals surface area (Å²) in [6.45, 7) is 0. The van der Waals surface area contributed by atoms with Gasteiger partial charge in [0, 0.05) is 11.0 Å². The number of hydrogen-bond acceptors (Lipinski definition) is 1. The lowest BCUT2D eigenvalue weighted by molar-refractivity contribution is 0.254. The normalized spacial score (nSPS) is 29.4. The molecule has 0 radical (unpaired) electrons. The number of hydrogen-bond donors (Lipinski definition) is 0. The van der Waals surface area contributed by atoms with Gasteiger partial charge in [0.25, 0.3) is 0 Å². The van der Waals surface area contributed by atoms with Crippen LogP contribution in [0, 0.1) is 0 Å². The third-order valence-corrected chi connectivity index (χ3v) is 4.13. The van der Waals surface area contributed by atoms with Gasteiger partial charge in [-0.15, -0.1) is 0 Å². The van der Waals surface area contributed by atoms with E-state index in [1.165, 1.54) is 5.30 Å². The van der Waals surface area contributed by atoms with Crippen LogP contribution in [0.3, 0.4) is 0 Å². The molecule has 0 bridgehead atoms. The molecule has 0 amide bonds. The molecular weight excluding hydrogens is 191 g/mol. The first-order chi connectivity index (χ1) is 6.93. The number of fused-ring (bicyclic) bond motifs is 2. The molecule has 0 saturated heterocycles. The summed E-state index contributed by atoms with van der Waals surface area (Å²) in [6, 6.07) is 8.34. The molecule has 0 spiro atoms. The van der Waals surface area contributed by atoms with E-state index in [-0.39, 0.29) is 6.10 Å². The molecule has 1 aliphatic carbocycles. The van der Waals surface area contributed by atoms with Crippen LogP contribution < -0.4 is 10.0 Å². The van der Waals surface area contributed by atoms with E-state index in [1.54, 1.807) is 0 Å². The topological polar surface area (TPSA) is 9.23 Å². The first-order valence-corrected chi connectivity index (χ1v) is 5.88. The van der Waals surface area contributed by atoms with Crippen molar-refractivity contribution in [3.05, 3.63) is 48.6 Å². The van der Waals surface area contributed by atoms with E-state index in [0.29, 0.717) is 5.66 Å².